The number of aliphatic hydroxyl groups excluding tert-OH is 1. The zero-order valence-electron chi connectivity index (χ0n) is 67.5. The number of rotatable bonds is 84. The van der Waals surface area contributed by atoms with Crippen LogP contribution in [0.2, 0.25) is 0 Å². The van der Waals surface area contributed by atoms with E-state index in [1.54, 1.807) is 0 Å². The van der Waals surface area contributed by atoms with E-state index < -0.39 is 97.5 Å². The van der Waals surface area contributed by atoms with Gasteiger partial charge in [-0.25, -0.2) is 9.13 Å². The summed E-state index contributed by atoms with van der Waals surface area (Å²) in [4.78, 5) is 73.2. The number of esters is 4. The molecule has 0 aromatic carbocycles. The van der Waals surface area contributed by atoms with E-state index in [1.165, 1.54) is 276 Å². The van der Waals surface area contributed by atoms with Crippen molar-refractivity contribution in [1.82, 2.24) is 0 Å². The Balaban J connectivity index is 5.25. The largest absolute Gasteiger partial charge is 0.472 e. The first-order chi connectivity index (χ1) is 50.0. The molecule has 0 radical (unpaired) electrons. The second kappa shape index (κ2) is 76.8. The summed E-state index contributed by atoms with van der Waals surface area (Å²) in [6.07, 6.45) is 69.4. The minimum atomic E-state index is -4.96. The fourth-order valence-corrected chi connectivity index (χ4v) is 14.7. The topological polar surface area (TPSA) is 237 Å². The molecule has 0 aromatic heterocycles. The van der Waals surface area contributed by atoms with Crippen LogP contribution in [0.1, 0.15) is 452 Å². The number of hydrogen-bond acceptors (Lipinski definition) is 15. The predicted molar refractivity (Wildman–Crippen MR) is 423 cm³/mol. The second-order valence-corrected chi connectivity index (χ2v) is 33.6. The molecule has 17 nitrogen and oxygen atoms in total. The number of phosphoric ester groups is 2. The average molecular weight is 1510 g/mol. The van der Waals surface area contributed by atoms with E-state index in [1.807, 2.05) is 0 Å². The Morgan fingerprint density at radius 1 is 0.262 bits per heavy atom. The molecular formula is C84H164O17P2. The SMILES string of the molecule is CCCCCCCCCCCCCCCCCCCCCCC(=O)O[C@H](COC(=O)CCCCCCCCCCCCCCCCCC)COP(=O)(O)OC[C@@H](O)COP(=O)(O)OC[C@@H](COC(=O)CCCCCCCCCCCC(C)C)OC(=O)CCCCCCCCCCCCCCCCC. The van der Waals surface area contributed by atoms with Crippen LogP contribution in [0.25, 0.3) is 0 Å². The highest BCUT2D eigenvalue weighted by atomic mass is 31.2. The van der Waals surface area contributed by atoms with Crippen molar-refractivity contribution in [3.63, 3.8) is 0 Å². The Hall–Kier alpha value is -1.94. The van der Waals surface area contributed by atoms with Gasteiger partial charge in [0.05, 0.1) is 26.4 Å². The maximum atomic E-state index is 13.1. The molecule has 19 heteroatoms. The molecule has 0 amide bonds. The molecule has 0 aliphatic carbocycles. The zero-order valence-corrected chi connectivity index (χ0v) is 69.3. The van der Waals surface area contributed by atoms with Crippen LogP contribution in [0, 0.1) is 5.92 Å². The van der Waals surface area contributed by atoms with Gasteiger partial charge in [0.15, 0.2) is 12.2 Å². The van der Waals surface area contributed by atoms with Crippen molar-refractivity contribution in [2.45, 2.75) is 470 Å². The lowest BCUT2D eigenvalue weighted by Gasteiger charge is -2.21. The number of hydrogen-bond donors (Lipinski definition) is 3. The van der Waals surface area contributed by atoms with E-state index in [4.69, 9.17) is 37.0 Å². The van der Waals surface area contributed by atoms with Gasteiger partial charge in [-0.2, -0.15) is 0 Å². The average Bonchev–Trinajstić information content (AvgIpc) is 0.923. The van der Waals surface area contributed by atoms with Crippen LogP contribution in [-0.4, -0.2) is 96.7 Å². The van der Waals surface area contributed by atoms with Crippen LogP contribution in [0.15, 0.2) is 0 Å². The summed E-state index contributed by atoms with van der Waals surface area (Å²) in [6.45, 7) is 7.34. The van der Waals surface area contributed by atoms with Gasteiger partial charge in [-0.3, -0.25) is 37.3 Å². The summed E-state index contributed by atoms with van der Waals surface area (Å²) in [5.74, 6) is -1.36. The highest BCUT2D eigenvalue weighted by Crippen LogP contribution is 2.45. The normalized spacial score (nSPS) is 13.8. The molecule has 0 rings (SSSR count). The predicted octanol–water partition coefficient (Wildman–Crippen LogP) is 25.6. The van der Waals surface area contributed by atoms with E-state index in [0.717, 1.165) is 95.8 Å². The molecule has 0 aliphatic heterocycles. The molecule has 0 aromatic rings. The number of unbranched alkanes of at least 4 members (excludes halogenated alkanes) is 56. The molecule has 0 aliphatic rings. The molecular weight excluding hydrogens is 1340 g/mol. The van der Waals surface area contributed by atoms with Crippen molar-refractivity contribution < 1.29 is 80.2 Å². The molecule has 103 heavy (non-hydrogen) atoms. The van der Waals surface area contributed by atoms with Crippen molar-refractivity contribution in [2.75, 3.05) is 39.6 Å². The van der Waals surface area contributed by atoms with E-state index in [9.17, 15) is 43.2 Å². The van der Waals surface area contributed by atoms with Crippen LogP contribution in [0.4, 0.5) is 0 Å². The molecule has 0 saturated heterocycles. The fourth-order valence-electron chi connectivity index (χ4n) is 13.1. The fraction of sp³-hybridized carbons (Fsp3) is 0.952. The zero-order chi connectivity index (χ0) is 75.5. The van der Waals surface area contributed by atoms with Crippen LogP contribution in [-0.2, 0) is 65.4 Å². The smallest absolute Gasteiger partial charge is 0.462 e. The first-order valence-corrected chi connectivity index (χ1v) is 46.6. The van der Waals surface area contributed by atoms with Gasteiger partial charge >= 0.3 is 39.5 Å². The van der Waals surface area contributed by atoms with Gasteiger partial charge in [-0.1, -0.05) is 401 Å². The van der Waals surface area contributed by atoms with Crippen molar-refractivity contribution in [3.8, 4) is 0 Å². The molecule has 2 unspecified atom stereocenters. The summed E-state index contributed by atoms with van der Waals surface area (Å²) in [5, 5.41) is 10.7. The van der Waals surface area contributed by atoms with Gasteiger partial charge in [0, 0.05) is 25.7 Å². The lowest BCUT2D eigenvalue weighted by Crippen LogP contribution is -2.30. The van der Waals surface area contributed by atoms with Crippen LogP contribution in [0.5, 0.6) is 0 Å². The Morgan fingerprint density at radius 2 is 0.447 bits per heavy atom. The summed E-state index contributed by atoms with van der Waals surface area (Å²) >= 11 is 0. The van der Waals surface area contributed by atoms with Crippen LogP contribution >= 0.6 is 15.6 Å². The number of phosphoric acid groups is 2. The Morgan fingerprint density at radius 3 is 0.660 bits per heavy atom. The third-order valence-electron chi connectivity index (χ3n) is 19.8. The molecule has 3 N–H and O–H groups in total. The van der Waals surface area contributed by atoms with E-state index in [-0.39, 0.29) is 25.7 Å². The molecule has 612 valence electrons. The van der Waals surface area contributed by atoms with E-state index in [2.05, 4.69) is 34.6 Å². The van der Waals surface area contributed by atoms with Crippen molar-refractivity contribution in [1.29, 1.82) is 0 Å². The number of aliphatic hydroxyl groups is 1. The lowest BCUT2D eigenvalue weighted by molar-refractivity contribution is -0.161. The van der Waals surface area contributed by atoms with Crippen LogP contribution in [0.3, 0.4) is 0 Å². The molecule has 0 fully saturated rings. The number of ether oxygens (including phenoxy) is 4. The third kappa shape index (κ3) is 78.0. The van der Waals surface area contributed by atoms with Crippen molar-refractivity contribution in [3.05, 3.63) is 0 Å². The van der Waals surface area contributed by atoms with E-state index in [0.29, 0.717) is 25.7 Å². The van der Waals surface area contributed by atoms with Crippen molar-refractivity contribution >= 4 is 39.5 Å². The lowest BCUT2D eigenvalue weighted by atomic mass is 10.0. The first kappa shape index (κ1) is 101. The highest BCUT2D eigenvalue weighted by Gasteiger charge is 2.30. The number of carbonyl (C=O) groups excluding carboxylic acids is 4. The van der Waals surface area contributed by atoms with Gasteiger partial charge in [-0.05, 0) is 31.6 Å². The summed E-state index contributed by atoms with van der Waals surface area (Å²) < 4.78 is 68.9. The minimum Gasteiger partial charge on any atom is -0.462 e. The van der Waals surface area contributed by atoms with E-state index >= 15 is 0 Å². The van der Waals surface area contributed by atoms with Crippen molar-refractivity contribution in [2.24, 2.45) is 5.92 Å². The summed E-state index contributed by atoms with van der Waals surface area (Å²) in [5.41, 5.74) is 0. The quantitative estimate of drug-likeness (QED) is 0.0222. The highest BCUT2D eigenvalue weighted by molar-refractivity contribution is 7.47. The van der Waals surface area contributed by atoms with Gasteiger partial charge in [0.2, 0.25) is 0 Å². The maximum Gasteiger partial charge on any atom is 0.472 e. The second-order valence-electron chi connectivity index (χ2n) is 30.7. The van der Waals surface area contributed by atoms with Crippen LogP contribution < -0.4 is 0 Å². The monoisotopic (exact) mass is 1510 g/mol. The Labute approximate surface area is 632 Å². The molecule has 0 saturated carbocycles. The minimum absolute atomic E-state index is 0.108. The summed E-state index contributed by atoms with van der Waals surface area (Å²) in [6, 6.07) is 0. The van der Waals surface area contributed by atoms with Gasteiger partial charge in [-0.15, -0.1) is 0 Å². The molecule has 0 spiro atoms. The molecule has 0 heterocycles. The molecule has 0 bridgehead atoms. The standard InChI is InChI=1S/C84H164O17P2/c1-6-9-12-15-18-21-24-27-30-32-33-34-35-38-41-44-49-55-60-65-70-84(89)100-79(73-94-81(86)67-62-57-52-47-42-39-37-31-28-25-22-19-16-13-10-7-2)75-98-102(90,91)96-71-78(85)72-97-103(92,93)99-76-80(74-95-82(87)68-63-58-53-50-45-46-51-56-61-66-77(4)5)101-83(88)69-64-59-54-48-43-40-36-29-26-23-20-17-14-11-8-3/h77-80,85H,6-76H2,1-5H3,(H,90,91)(H,92,93)/t78-,79-,80-/m1/s1. The molecule has 5 atom stereocenters. The first-order valence-electron chi connectivity index (χ1n) is 43.6. The Bertz CT molecular complexity index is 1960. The number of carbonyl (C=O) groups is 4. The Kier molecular flexibility index (Phi) is 75.4. The maximum absolute atomic E-state index is 13.1. The summed E-state index contributed by atoms with van der Waals surface area (Å²) in [7, 11) is -9.92. The third-order valence-corrected chi connectivity index (χ3v) is 21.7. The van der Waals surface area contributed by atoms with Gasteiger partial charge < -0.3 is 33.8 Å². The van der Waals surface area contributed by atoms with Gasteiger partial charge in [0.1, 0.15) is 19.3 Å². The van der Waals surface area contributed by atoms with Gasteiger partial charge in [0.25, 0.3) is 0 Å².